The first-order chi connectivity index (χ1) is 7.33. The van der Waals surface area contributed by atoms with Crippen molar-refractivity contribution in [1.29, 1.82) is 0 Å². The Balaban J connectivity index is 2.89. The third-order valence-corrected chi connectivity index (χ3v) is 2.81. The van der Waals surface area contributed by atoms with Crippen LogP contribution in [0, 0.1) is 0 Å². The maximum absolute atomic E-state index is 12.3. The van der Waals surface area contributed by atoms with Crippen molar-refractivity contribution >= 4 is 22.8 Å². The summed E-state index contributed by atoms with van der Waals surface area (Å²) < 4.78 is 36.9. The fourth-order valence-electron chi connectivity index (χ4n) is 1.13. The number of anilines is 1. The highest BCUT2D eigenvalue weighted by molar-refractivity contribution is 7.17. The van der Waals surface area contributed by atoms with Gasteiger partial charge in [-0.2, -0.15) is 13.2 Å². The Morgan fingerprint density at radius 2 is 2.19 bits per heavy atom. The van der Waals surface area contributed by atoms with Gasteiger partial charge in [-0.3, -0.25) is 4.79 Å². The van der Waals surface area contributed by atoms with Gasteiger partial charge < -0.3 is 4.90 Å². The average molecular weight is 252 g/mol. The smallest absolute Gasteiger partial charge is 0.337 e. The molecule has 1 aromatic rings. The van der Waals surface area contributed by atoms with Crippen LogP contribution in [0.25, 0.3) is 0 Å². The second-order valence-electron chi connectivity index (χ2n) is 3.50. The summed E-state index contributed by atoms with van der Waals surface area (Å²) in [5.74, 6) is 0. The fraction of sp³-hybridized carbons (Fsp3) is 0.556. The second-order valence-corrected chi connectivity index (χ2v) is 4.54. The maximum atomic E-state index is 12.3. The monoisotopic (exact) mass is 252 g/mol. The van der Waals surface area contributed by atoms with Crippen molar-refractivity contribution in [2.45, 2.75) is 26.1 Å². The van der Waals surface area contributed by atoms with Crippen LogP contribution in [0.1, 0.15) is 23.5 Å². The lowest BCUT2D eigenvalue weighted by atomic mass is 10.3. The van der Waals surface area contributed by atoms with Crippen molar-refractivity contribution in [3.05, 3.63) is 11.1 Å². The lowest BCUT2D eigenvalue weighted by Crippen LogP contribution is -2.39. The number of rotatable bonds is 4. The van der Waals surface area contributed by atoms with E-state index in [1.807, 2.05) is 0 Å². The van der Waals surface area contributed by atoms with Crippen molar-refractivity contribution in [2.24, 2.45) is 0 Å². The summed E-state index contributed by atoms with van der Waals surface area (Å²) in [6.07, 6.45) is -2.43. The molecule has 0 radical (unpaired) electrons. The van der Waals surface area contributed by atoms with Crippen LogP contribution in [0.5, 0.6) is 0 Å². The van der Waals surface area contributed by atoms with Crippen LogP contribution < -0.4 is 4.90 Å². The van der Waals surface area contributed by atoms with E-state index in [-0.39, 0.29) is 11.2 Å². The van der Waals surface area contributed by atoms with Gasteiger partial charge in [-0.05, 0) is 13.8 Å². The predicted octanol–water partition coefficient (Wildman–Crippen LogP) is 2.73. The van der Waals surface area contributed by atoms with Gasteiger partial charge in [0.25, 0.3) is 0 Å². The first-order valence-corrected chi connectivity index (χ1v) is 5.39. The molecule has 0 bridgehead atoms. The number of thiazole rings is 1. The molecule has 16 heavy (non-hydrogen) atoms. The van der Waals surface area contributed by atoms with E-state index in [4.69, 9.17) is 0 Å². The molecule has 3 nitrogen and oxygen atoms in total. The fourth-order valence-corrected chi connectivity index (χ4v) is 1.99. The molecular formula is C9H11F3N2OS. The van der Waals surface area contributed by atoms with Gasteiger partial charge in [0.1, 0.15) is 6.54 Å². The maximum Gasteiger partial charge on any atom is 0.406 e. The van der Waals surface area contributed by atoms with Crippen LogP contribution in [0.15, 0.2) is 6.20 Å². The highest BCUT2D eigenvalue weighted by Crippen LogP contribution is 2.27. The highest BCUT2D eigenvalue weighted by Gasteiger charge is 2.33. The van der Waals surface area contributed by atoms with Gasteiger partial charge in [-0.1, -0.05) is 11.3 Å². The Morgan fingerprint density at radius 3 is 2.56 bits per heavy atom. The number of alkyl halides is 3. The molecule has 1 heterocycles. The third kappa shape index (κ3) is 3.48. The summed E-state index contributed by atoms with van der Waals surface area (Å²) in [4.78, 5) is 15.7. The molecule has 0 N–H and O–H groups in total. The number of aromatic nitrogens is 1. The molecule has 0 spiro atoms. The largest absolute Gasteiger partial charge is 0.406 e. The topological polar surface area (TPSA) is 33.2 Å². The summed E-state index contributed by atoms with van der Waals surface area (Å²) >= 11 is 0.957. The molecule has 1 aromatic heterocycles. The molecule has 0 aliphatic carbocycles. The highest BCUT2D eigenvalue weighted by atomic mass is 32.1. The zero-order valence-corrected chi connectivity index (χ0v) is 9.60. The summed E-state index contributed by atoms with van der Waals surface area (Å²) in [6, 6.07) is -0.327. The number of carbonyl (C=O) groups is 1. The Kier molecular flexibility index (Phi) is 3.90. The number of hydrogen-bond donors (Lipinski definition) is 0. The second kappa shape index (κ2) is 4.82. The van der Waals surface area contributed by atoms with E-state index < -0.39 is 12.7 Å². The van der Waals surface area contributed by atoms with E-state index in [0.29, 0.717) is 11.2 Å². The van der Waals surface area contributed by atoms with Gasteiger partial charge in [0, 0.05) is 6.04 Å². The van der Waals surface area contributed by atoms with E-state index in [9.17, 15) is 18.0 Å². The van der Waals surface area contributed by atoms with E-state index in [1.165, 1.54) is 6.20 Å². The van der Waals surface area contributed by atoms with E-state index in [2.05, 4.69) is 4.98 Å². The quantitative estimate of drug-likeness (QED) is 0.772. The zero-order chi connectivity index (χ0) is 12.3. The zero-order valence-electron chi connectivity index (χ0n) is 8.78. The molecule has 7 heteroatoms. The minimum absolute atomic E-state index is 0.217. The van der Waals surface area contributed by atoms with Gasteiger partial charge >= 0.3 is 6.18 Å². The minimum Gasteiger partial charge on any atom is -0.337 e. The molecular weight excluding hydrogens is 241 g/mol. The molecule has 0 aromatic carbocycles. The Labute approximate surface area is 94.9 Å². The van der Waals surface area contributed by atoms with Crippen molar-refractivity contribution in [3.63, 3.8) is 0 Å². The van der Waals surface area contributed by atoms with Crippen LogP contribution in [-0.4, -0.2) is 30.0 Å². The molecule has 1 rings (SSSR count). The van der Waals surface area contributed by atoms with E-state index in [0.717, 1.165) is 16.2 Å². The predicted molar refractivity (Wildman–Crippen MR) is 56.0 cm³/mol. The van der Waals surface area contributed by atoms with Crippen molar-refractivity contribution in [3.8, 4) is 0 Å². The Bertz CT molecular complexity index is 362. The van der Waals surface area contributed by atoms with Crippen LogP contribution in [-0.2, 0) is 0 Å². The van der Waals surface area contributed by atoms with Crippen LogP contribution >= 0.6 is 11.3 Å². The number of hydrogen-bond acceptors (Lipinski definition) is 4. The molecule has 0 saturated heterocycles. The summed E-state index contributed by atoms with van der Waals surface area (Å²) in [5, 5.41) is 0.217. The van der Waals surface area contributed by atoms with Crippen LogP contribution in [0.4, 0.5) is 18.3 Å². The van der Waals surface area contributed by atoms with Gasteiger partial charge in [0.2, 0.25) is 0 Å². The Morgan fingerprint density at radius 1 is 1.56 bits per heavy atom. The van der Waals surface area contributed by atoms with E-state index in [1.54, 1.807) is 13.8 Å². The lowest BCUT2D eigenvalue weighted by molar-refractivity contribution is -0.120. The first kappa shape index (κ1) is 13.0. The number of halogens is 3. The molecule has 0 amide bonds. The average Bonchev–Trinajstić information content (AvgIpc) is 2.60. The Hall–Kier alpha value is -1.11. The minimum atomic E-state index is -4.28. The number of nitrogens with zero attached hydrogens (tertiary/aromatic N) is 2. The molecule has 0 unspecified atom stereocenters. The standard InChI is InChI=1S/C9H11F3N2OS/c1-6(2)14(5-9(10,11)12)8-13-3-7(4-15)16-8/h3-4,6H,5H2,1-2H3. The van der Waals surface area contributed by atoms with Gasteiger partial charge in [0.05, 0.1) is 11.1 Å². The summed E-state index contributed by atoms with van der Waals surface area (Å²) in [7, 11) is 0. The first-order valence-electron chi connectivity index (χ1n) is 4.58. The molecule has 90 valence electrons. The van der Waals surface area contributed by atoms with Gasteiger partial charge in [-0.25, -0.2) is 4.98 Å². The third-order valence-electron chi connectivity index (χ3n) is 1.85. The number of carbonyl (C=O) groups excluding carboxylic acids is 1. The molecule has 0 atom stereocenters. The summed E-state index contributed by atoms with van der Waals surface area (Å²) in [6.45, 7) is 2.23. The van der Waals surface area contributed by atoms with Crippen molar-refractivity contribution < 1.29 is 18.0 Å². The van der Waals surface area contributed by atoms with Crippen molar-refractivity contribution in [1.82, 2.24) is 4.98 Å². The lowest BCUT2D eigenvalue weighted by Gasteiger charge is -2.26. The molecule has 0 aliphatic heterocycles. The van der Waals surface area contributed by atoms with Crippen molar-refractivity contribution in [2.75, 3.05) is 11.4 Å². The van der Waals surface area contributed by atoms with Gasteiger partial charge in [-0.15, -0.1) is 0 Å². The SMILES string of the molecule is CC(C)N(CC(F)(F)F)c1ncc(C=O)s1. The molecule has 0 fully saturated rings. The number of aldehydes is 1. The summed E-state index contributed by atoms with van der Waals surface area (Å²) in [5.41, 5.74) is 0. The normalized spacial score (nSPS) is 11.9. The molecule has 0 aliphatic rings. The van der Waals surface area contributed by atoms with Crippen LogP contribution in [0.2, 0.25) is 0 Å². The molecule has 0 saturated carbocycles. The van der Waals surface area contributed by atoms with E-state index >= 15 is 0 Å². The van der Waals surface area contributed by atoms with Crippen LogP contribution in [0.3, 0.4) is 0 Å². The van der Waals surface area contributed by atoms with Gasteiger partial charge in [0.15, 0.2) is 11.4 Å².